The van der Waals surface area contributed by atoms with Gasteiger partial charge in [-0.3, -0.25) is 9.59 Å². The molecule has 0 radical (unpaired) electrons. The second-order valence-electron chi connectivity index (χ2n) is 7.03. The largest absolute Gasteiger partial charge is 0.314 e. The average molecular weight is 385 g/mol. The van der Waals surface area contributed by atoms with Crippen LogP contribution in [0.15, 0.2) is 48.5 Å². The summed E-state index contributed by atoms with van der Waals surface area (Å²) in [5.41, 5.74) is 1.58. The molecule has 1 amide bonds. The molecule has 1 aliphatic rings. The lowest BCUT2D eigenvalue weighted by Gasteiger charge is -2.25. The number of amides is 1. The first-order valence-electron chi connectivity index (χ1n) is 9.45. The first-order valence-corrected chi connectivity index (χ1v) is 9.83. The molecular formula is C22H25ClN2O2. The van der Waals surface area contributed by atoms with Crippen LogP contribution in [0.1, 0.15) is 48.0 Å². The van der Waals surface area contributed by atoms with Gasteiger partial charge < -0.3 is 10.2 Å². The van der Waals surface area contributed by atoms with Gasteiger partial charge in [-0.25, -0.2) is 0 Å². The van der Waals surface area contributed by atoms with Crippen molar-refractivity contribution in [3.63, 3.8) is 0 Å². The highest BCUT2D eigenvalue weighted by Crippen LogP contribution is 2.26. The summed E-state index contributed by atoms with van der Waals surface area (Å²) in [5, 5.41) is 3.83. The van der Waals surface area contributed by atoms with Gasteiger partial charge in [-0.2, -0.15) is 0 Å². The number of hydrogen-bond acceptors (Lipinski definition) is 3. The topological polar surface area (TPSA) is 49.4 Å². The Morgan fingerprint density at radius 1 is 1.07 bits per heavy atom. The van der Waals surface area contributed by atoms with Crippen molar-refractivity contribution in [1.29, 1.82) is 0 Å². The third kappa shape index (κ3) is 4.96. The molecule has 0 heterocycles. The van der Waals surface area contributed by atoms with Crippen LogP contribution in [0.4, 0.5) is 5.69 Å². The SMILES string of the molecule is CN(C(=O)CNC1CCCCC1)c1ccc(Cl)cc1C(=O)c1ccccc1. The highest BCUT2D eigenvalue weighted by atomic mass is 35.5. The van der Waals surface area contributed by atoms with Gasteiger partial charge in [0.05, 0.1) is 12.2 Å². The number of anilines is 1. The van der Waals surface area contributed by atoms with Crippen LogP contribution in [0.2, 0.25) is 5.02 Å². The van der Waals surface area contributed by atoms with Crippen molar-refractivity contribution in [2.75, 3.05) is 18.5 Å². The molecule has 0 aromatic heterocycles. The van der Waals surface area contributed by atoms with Crippen molar-refractivity contribution in [3.8, 4) is 0 Å². The number of benzene rings is 2. The zero-order valence-electron chi connectivity index (χ0n) is 15.6. The van der Waals surface area contributed by atoms with Gasteiger partial charge in [0.15, 0.2) is 5.78 Å². The number of halogens is 1. The zero-order valence-corrected chi connectivity index (χ0v) is 16.3. The highest BCUT2D eigenvalue weighted by molar-refractivity contribution is 6.31. The lowest BCUT2D eigenvalue weighted by Crippen LogP contribution is -2.41. The Morgan fingerprint density at radius 2 is 1.78 bits per heavy atom. The molecule has 4 nitrogen and oxygen atoms in total. The van der Waals surface area contributed by atoms with Crippen molar-refractivity contribution in [1.82, 2.24) is 5.32 Å². The fourth-order valence-corrected chi connectivity index (χ4v) is 3.69. The number of hydrogen-bond donors (Lipinski definition) is 1. The van der Waals surface area contributed by atoms with Crippen LogP contribution in [-0.2, 0) is 4.79 Å². The fraction of sp³-hybridized carbons (Fsp3) is 0.364. The molecule has 3 rings (SSSR count). The smallest absolute Gasteiger partial charge is 0.240 e. The molecule has 27 heavy (non-hydrogen) atoms. The molecule has 0 aliphatic heterocycles. The average Bonchev–Trinajstić information content (AvgIpc) is 2.72. The minimum atomic E-state index is -0.145. The summed E-state index contributed by atoms with van der Waals surface area (Å²) < 4.78 is 0. The fourth-order valence-electron chi connectivity index (χ4n) is 3.52. The van der Waals surface area contributed by atoms with Crippen LogP contribution in [-0.4, -0.2) is 31.3 Å². The van der Waals surface area contributed by atoms with Gasteiger partial charge in [0.25, 0.3) is 0 Å². The monoisotopic (exact) mass is 384 g/mol. The molecule has 5 heteroatoms. The molecule has 1 aliphatic carbocycles. The van der Waals surface area contributed by atoms with Crippen molar-refractivity contribution in [2.24, 2.45) is 0 Å². The molecule has 1 N–H and O–H groups in total. The summed E-state index contributed by atoms with van der Waals surface area (Å²) >= 11 is 6.13. The van der Waals surface area contributed by atoms with Gasteiger partial charge in [-0.05, 0) is 31.0 Å². The van der Waals surface area contributed by atoms with Crippen LogP contribution in [0.3, 0.4) is 0 Å². The van der Waals surface area contributed by atoms with Gasteiger partial charge in [-0.15, -0.1) is 0 Å². The molecule has 0 unspecified atom stereocenters. The van der Waals surface area contributed by atoms with Gasteiger partial charge in [-0.1, -0.05) is 61.2 Å². The second-order valence-corrected chi connectivity index (χ2v) is 7.46. The summed E-state index contributed by atoms with van der Waals surface area (Å²) in [6, 6.07) is 14.5. The lowest BCUT2D eigenvalue weighted by atomic mass is 9.95. The maximum atomic E-state index is 12.9. The number of ketones is 1. The van der Waals surface area contributed by atoms with Crippen molar-refractivity contribution in [3.05, 3.63) is 64.7 Å². The van der Waals surface area contributed by atoms with Gasteiger partial charge in [0.2, 0.25) is 5.91 Å². The van der Waals surface area contributed by atoms with Crippen molar-refractivity contribution in [2.45, 2.75) is 38.1 Å². The lowest BCUT2D eigenvalue weighted by molar-refractivity contribution is -0.117. The maximum Gasteiger partial charge on any atom is 0.240 e. The molecule has 0 bridgehead atoms. The van der Waals surface area contributed by atoms with Gasteiger partial charge >= 0.3 is 0 Å². The Labute approximate surface area is 165 Å². The number of rotatable bonds is 6. The first-order chi connectivity index (χ1) is 13.1. The zero-order chi connectivity index (χ0) is 19.2. The molecule has 2 aromatic rings. The number of carbonyl (C=O) groups excluding carboxylic acids is 2. The van der Waals surface area contributed by atoms with E-state index in [0.29, 0.717) is 27.9 Å². The van der Waals surface area contributed by atoms with Crippen molar-refractivity contribution >= 4 is 29.0 Å². The van der Waals surface area contributed by atoms with Crippen LogP contribution in [0.5, 0.6) is 0 Å². The Kier molecular flexibility index (Phi) is 6.64. The Morgan fingerprint density at radius 3 is 2.48 bits per heavy atom. The van der Waals surface area contributed by atoms with Crippen molar-refractivity contribution < 1.29 is 9.59 Å². The quantitative estimate of drug-likeness (QED) is 0.748. The summed E-state index contributed by atoms with van der Waals surface area (Å²) in [6.45, 7) is 0.267. The molecule has 0 saturated heterocycles. The van der Waals surface area contributed by atoms with Gasteiger partial charge in [0.1, 0.15) is 0 Å². The molecule has 2 aromatic carbocycles. The van der Waals surface area contributed by atoms with Crippen LogP contribution in [0, 0.1) is 0 Å². The predicted octanol–water partition coefficient (Wildman–Crippen LogP) is 4.46. The Balaban J connectivity index is 1.76. The minimum Gasteiger partial charge on any atom is -0.314 e. The number of likely N-dealkylation sites (N-methyl/N-ethyl adjacent to an activating group) is 1. The predicted molar refractivity (Wildman–Crippen MR) is 110 cm³/mol. The van der Waals surface area contributed by atoms with Crippen LogP contribution >= 0.6 is 11.6 Å². The number of nitrogens with one attached hydrogen (secondary N) is 1. The molecule has 1 fully saturated rings. The van der Waals surface area contributed by atoms with E-state index in [-0.39, 0.29) is 18.2 Å². The maximum absolute atomic E-state index is 12.9. The summed E-state index contributed by atoms with van der Waals surface area (Å²) in [7, 11) is 1.70. The van der Waals surface area contributed by atoms with E-state index in [1.807, 2.05) is 18.2 Å². The Hall–Kier alpha value is -2.17. The normalized spacial score (nSPS) is 14.7. The Bertz CT molecular complexity index is 801. The molecule has 0 spiro atoms. The van der Waals surface area contributed by atoms with E-state index in [1.165, 1.54) is 19.3 Å². The van der Waals surface area contributed by atoms with E-state index in [0.717, 1.165) is 12.8 Å². The van der Waals surface area contributed by atoms with E-state index in [1.54, 1.807) is 42.3 Å². The van der Waals surface area contributed by atoms with Crippen LogP contribution < -0.4 is 10.2 Å². The third-order valence-electron chi connectivity index (χ3n) is 5.12. The van der Waals surface area contributed by atoms with E-state index in [2.05, 4.69) is 5.32 Å². The number of nitrogens with zero attached hydrogens (tertiary/aromatic N) is 1. The molecule has 142 valence electrons. The molecule has 1 saturated carbocycles. The minimum absolute atomic E-state index is 0.0648. The summed E-state index contributed by atoms with van der Waals surface area (Å²) in [6.07, 6.45) is 5.95. The standard InChI is InChI=1S/C22H25ClN2O2/c1-25(21(26)15-24-18-10-6-3-7-11-18)20-13-12-17(23)14-19(20)22(27)16-8-4-2-5-9-16/h2,4-5,8-9,12-14,18,24H,3,6-7,10-11,15H2,1H3. The second kappa shape index (κ2) is 9.16. The van der Waals surface area contributed by atoms with E-state index < -0.39 is 0 Å². The summed E-state index contributed by atoms with van der Waals surface area (Å²) in [5.74, 6) is -0.210. The van der Waals surface area contributed by atoms with E-state index in [9.17, 15) is 9.59 Å². The van der Waals surface area contributed by atoms with E-state index >= 15 is 0 Å². The number of carbonyl (C=O) groups is 2. The summed E-state index contributed by atoms with van der Waals surface area (Å²) in [4.78, 5) is 27.2. The van der Waals surface area contributed by atoms with Crippen LogP contribution in [0.25, 0.3) is 0 Å². The molecular weight excluding hydrogens is 360 g/mol. The van der Waals surface area contributed by atoms with E-state index in [4.69, 9.17) is 11.6 Å². The van der Waals surface area contributed by atoms with Gasteiger partial charge in [0, 0.05) is 29.2 Å². The first kappa shape index (κ1) is 19.6. The highest BCUT2D eigenvalue weighted by Gasteiger charge is 2.21. The third-order valence-corrected chi connectivity index (χ3v) is 5.36. The molecule has 0 atom stereocenters.